The van der Waals surface area contributed by atoms with Gasteiger partial charge in [0.05, 0.1) is 5.02 Å². The van der Waals surface area contributed by atoms with Crippen molar-refractivity contribution in [3.05, 3.63) is 28.3 Å². The number of hydrogen-bond donors (Lipinski definition) is 1. The Morgan fingerprint density at radius 1 is 1.32 bits per heavy atom. The molecule has 1 aliphatic rings. The van der Waals surface area contributed by atoms with Crippen molar-refractivity contribution < 1.29 is 13.2 Å². The zero-order valence-electron chi connectivity index (χ0n) is 10.5. The molecule has 104 valence electrons. The smallest absolute Gasteiger partial charge is 0.253 e. The van der Waals surface area contributed by atoms with Gasteiger partial charge in [-0.3, -0.25) is 4.79 Å². The van der Waals surface area contributed by atoms with Gasteiger partial charge in [-0.1, -0.05) is 11.6 Å². The van der Waals surface area contributed by atoms with Gasteiger partial charge in [0.25, 0.3) is 5.91 Å². The maximum absolute atomic E-state index is 12.2. The molecule has 0 aromatic heterocycles. The van der Waals surface area contributed by atoms with E-state index >= 15 is 0 Å². The number of carbonyl (C=O) groups excluding carboxylic acids is 1. The van der Waals surface area contributed by atoms with E-state index < -0.39 is 10.0 Å². The standard InChI is InChI=1S/C12H15ClN2O3S/c1-8-6-9(12(16)15-4-2-3-5-15)7-10(11(8)13)19(14,17)18/h6-7H,2-5H2,1H3,(H2,14,17,18). The molecule has 0 spiro atoms. The number of nitrogens with zero attached hydrogens (tertiary/aromatic N) is 1. The summed E-state index contributed by atoms with van der Waals surface area (Å²) >= 11 is 5.93. The van der Waals surface area contributed by atoms with Crippen molar-refractivity contribution in [1.29, 1.82) is 0 Å². The van der Waals surface area contributed by atoms with Crippen molar-refractivity contribution in [2.24, 2.45) is 5.14 Å². The number of hydrogen-bond acceptors (Lipinski definition) is 3. The Kier molecular flexibility index (Phi) is 3.85. The summed E-state index contributed by atoms with van der Waals surface area (Å²) in [7, 11) is -3.94. The number of likely N-dealkylation sites (tertiary alicyclic amines) is 1. The molecule has 2 rings (SSSR count). The summed E-state index contributed by atoms with van der Waals surface area (Å²) in [6, 6.07) is 2.85. The molecule has 1 aromatic rings. The lowest BCUT2D eigenvalue weighted by Crippen LogP contribution is -2.28. The minimum atomic E-state index is -3.94. The first-order valence-electron chi connectivity index (χ1n) is 5.93. The summed E-state index contributed by atoms with van der Waals surface area (Å²) in [4.78, 5) is 13.7. The van der Waals surface area contributed by atoms with Crippen molar-refractivity contribution in [1.82, 2.24) is 4.90 Å². The van der Waals surface area contributed by atoms with Crippen LogP contribution in [0.3, 0.4) is 0 Å². The lowest BCUT2D eigenvalue weighted by atomic mass is 10.1. The van der Waals surface area contributed by atoms with Crippen LogP contribution in [0.4, 0.5) is 0 Å². The Labute approximate surface area is 117 Å². The van der Waals surface area contributed by atoms with Crippen LogP contribution in [0.5, 0.6) is 0 Å². The van der Waals surface area contributed by atoms with Gasteiger partial charge in [-0.15, -0.1) is 0 Å². The fourth-order valence-electron chi connectivity index (χ4n) is 2.17. The molecular formula is C12H15ClN2O3S. The molecule has 1 aliphatic heterocycles. The van der Waals surface area contributed by atoms with Crippen LogP contribution >= 0.6 is 11.6 Å². The summed E-state index contributed by atoms with van der Waals surface area (Å²) < 4.78 is 22.9. The summed E-state index contributed by atoms with van der Waals surface area (Å²) in [6.07, 6.45) is 1.95. The highest BCUT2D eigenvalue weighted by molar-refractivity contribution is 7.89. The van der Waals surface area contributed by atoms with Gasteiger partial charge < -0.3 is 4.90 Å². The quantitative estimate of drug-likeness (QED) is 0.899. The van der Waals surface area contributed by atoms with Gasteiger partial charge in [-0.25, -0.2) is 13.6 Å². The highest BCUT2D eigenvalue weighted by atomic mass is 35.5. The number of carbonyl (C=O) groups is 1. The second-order valence-electron chi connectivity index (χ2n) is 4.65. The highest BCUT2D eigenvalue weighted by Crippen LogP contribution is 2.27. The van der Waals surface area contributed by atoms with E-state index in [-0.39, 0.29) is 15.8 Å². The third kappa shape index (κ3) is 2.91. The average Bonchev–Trinajstić information content (AvgIpc) is 2.83. The third-order valence-electron chi connectivity index (χ3n) is 3.17. The monoisotopic (exact) mass is 302 g/mol. The van der Waals surface area contributed by atoms with Crippen molar-refractivity contribution in [2.75, 3.05) is 13.1 Å². The van der Waals surface area contributed by atoms with Gasteiger partial charge in [0.15, 0.2) is 0 Å². The molecule has 7 heteroatoms. The van der Waals surface area contributed by atoms with Crippen molar-refractivity contribution in [3.8, 4) is 0 Å². The Bertz CT molecular complexity index is 622. The number of rotatable bonds is 2. The maximum atomic E-state index is 12.2. The molecule has 1 fully saturated rings. The van der Waals surface area contributed by atoms with E-state index in [9.17, 15) is 13.2 Å². The molecule has 0 radical (unpaired) electrons. The SMILES string of the molecule is Cc1cc(C(=O)N2CCCC2)cc(S(N)(=O)=O)c1Cl. The molecule has 1 saturated heterocycles. The Balaban J connectivity index is 2.48. The minimum absolute atomic E-state index is 0.0699. The Morgan fingerprint density at radius 3 is 2.42 bits per heavy atom. The Hall–Kier alpha value is -1.11. The van der Waals surface area contributed by atoms with Gasteiger partial charge in [0.2, 0.25) is 10.0 Å². The predicted molar refractivity (Wildman–Crippen MR) is 72.7 cm³/mol. The molecule has 0 saturated carbocycles. The van der Waals surface area contributed by atoms with Crippen LogP contribution in [-0.2, 0) is 10.0 Å². The van der Waals surface area contributed by atoms with Gasteiger partial charge in [0.1, 0.15) is 4.90 Å². The van der Waals surface area contributed by atoms with Crippen LogP contribution in [0.1, 0.15) is 28.8 Å². The minimum Gasteiger partial charge on any atom is -0.339 e. The first-order chi connectivity index (χ1) is 8.80. The van der Waals surface area contributed by atoms with E-state index in [2.05, 4.69) is 0 Å². The summed E-state index contributed by atoms with van der Waals surface area (Å²) in [5.74, 6) is -0.179. The van der Waals surface area contributed by atoms with E-state index in [1.807, 2.05) is 0 Å². The summed E-state index contributed by atoms with van der Waals surface area (Å²) in [6.45, 7) is 3.05. The molecule has 2 N–H and O–H groups in total. The van der Waals surface area contributed by atoms with Crippen molar-refractivity contribution in [3.63, 3.8) is 0 Å². The zero-order valence-corrected chi connectivity index (χ0v) is 12.1. The number of aryl methyl sites for hydroxylation is 1. The molecular weight excluding hydrogens is 288 g/mol. The molecule has 0 unspecified atom stereocenters. The molecule has 0 bridgehead atoms. The van der Waals surface area contributed by atoms with Crippen molar-refractivity contribution in [2.45, 2.75) is 24.7 Å². The van der Waals surface area contributed by atoms with E-state index in [1.165, 1.54) is 6.07 Å². The van der Waals surface area contributed by atoms with Crippen LogP contribution in [0, 0.1) is 6.92 Å². The number of halogens is 1. The van der Waals surface area contributed by atoms with Crippen molar-refractivity contribution >= 4 is 27.5 Å². The van der Waals surface area contributed by atoms with Crippen LogP contribution in [-0.4, -0.2) is 32.3 Å². The molecule has 1 aromatic carbocycles. The molecule has 1 amide bonds. The average molecular weight is 303 g/mol. The fraction of sp³-hybridized carbons (Fsp3) is 0.417. The van der Waals surface area contributed by atoms with E-state index in [0.717, 1.165) is 12.8 Å². The molecule has 19 heavy (non-hydrogen) atoms. The topological polar surface area (TPSA) is 80.5 Å². The van der Waals surface area contributed by atoms with Gasteiger partial charge in [0, 0.05) is 18.7 Å². The number of amides is 1. The van der Waals surface area contributed by atoms with Crippen LogP contribution in [0.2, 0.25) is 5.02 Å². The van der Waals surface area contributed by atoms with Crippen LogP contribution in [0.25, 0.3) is 0 Å². The number of nitrogens with two attached hydrogens (primary N) is 1. The van der Waals surface area contributed by atoms with Gasteiger partial charge in [-0.2, -0.15) is 0 Å². The van der Waals surface area contributed by atoms with Gasteiger partial charge >= 0.3 is 0 Å². The molecule has 0 atom stereocenters. The second kappa shape index (κ2) is 5.11. The number of sulfonamides is 1. The summed E-state index contributed by atoms with van der Waals surface area (Å²) in [5, 5.41) is 5.18. The molecule has 1 heterocycles. The maximum Gasteiger partial charge on any atom is 0.253 e. The van der Waals surface area contributed by atoms with E-state index in [4.69, 9.17) is 16.7 Å². The van der Waals surface area contributed by atoms with Gasteiger partial charge in [-0.05, 0) is 37.5 Å². The zero-order chi connectivity index (χ0) is 14.2. The summed E-state index contributed by atoms with van der Waals surface area (Å²) in [5.41, 5.74) is 0.837. The third-order valence-corrected chi connectivity index (χ3v) is 4.72. The lowest BCUT2D eigenvalue weighted by Gasteiger charge is -2.16. The molecule has 0 aliphatic carbocycles. The highest BCUT2D eigenvalue weighted by Gasteiger charge is 2.23. The first-order valence-corrected chi connectivity index (χ1v) is 7.85. The van der Waals surface area contributed by atoms with E-state index in [1.54, 1.807) is 17.9 Å². The lowest BCUT2D eigenvalue weighted by molar-refractivity contribution is 0.0792. The van der Waals surface area contributed by atoms with Crippen LogP contribution < -0.4 is 5.14 Å². The Morgan fingerprint density at radius 2 is 1.89 bits per heavy atom. The van der Waals surface area contributed by atoms with Crippen LogP contribution in [0.15, 0.2) is 17.0 Å². The molecule has 5 nitrogen and oxygen atoms in total. The normalized spacial score (nSPS) is 15.8. The first kappa shape index (κ1) is 14.3. The number of benzene rings is 1. The fourth-order valence-corrected chi connectivity index (χ4v) is 3.30. The van der Waals surface area contributed by atoms with E-state index in [0.29, 0.717) is 24.2 Å². The number of primary sulfonamides is 1. The predicted octanol–water partition coefficient (Wildman–Crippen LogP) is 1.53. The second-order valence-corrected chi connectivity index (χ2v) is 6.56. The largest absolute Gasteiger partial charge is 0.339 e.